The number of benzene rings is 2. The number of alkyl halides is 3. The highest BCUT2D eigenvalue weighted by atomic mass is 19.4. The first-order chi connectivity index (χ1) is 9.95. The number of methoxy groups -OCH3 is 1. The highest BCUT2D eigenvalue weighted by Gasteiger charge is 2.31. The molecular formula is C15H9F3O3. The molecule has 1 aromatic heterocycles. The Bertz CT molecular complexity index is 847. The van der Waals surface area contributed by atoms with Gasteiger partial charge in [0.25, 0.3) is 0 Å². The number of aldehydes is 1. The van der Waals surface area contributed by atoms with Gasteiger partial charge in [-0.05, 0) is 30.3 Å². The molecule has 0 amide bonds. The van der Waals surface area contributed by atoms with Gasteiger partial charge in [-0.1, -0.05) is 0 Å². The summed E-state index contributed by atoms with van der Waals surface area (Å²) >= 11 is 0. The van der Waals surface area contributed by atoms with Gasteiger partial charge < -0.3 is 9.15 Å². The Morgan fingerprint density at radius 1 is 1.19 bits per heavy atom. The lowest BCUT2D eigenvalue weighted by molar-refractivity contribution is -0.137. The smallest absolute Gasteiger partial charge is 0.416 e. The Morgan fingerprint density at radius 2 is 1.95 bits per heavy atom. The lowest BCUT2D eigenvalue weighted by Gasteiger charge is -2.05. The molecule has 0 saturated heterocycles. The van der Waals surface area contributed by atoms with Gasteiger partial charge >= 0.3 is 6.18 Å². The second-order valence-electron chi connectivity index (χ2n) is 4.49. The Kier molecular flexibility index (Phi) is 2.90. The first-order valence-corrected chi connectivity index (χ1v) is 6.01. The van der Waals surface area contributed by atoms with Crippen molar-refractivity contribution in [2.24, 2.45) is 0 Å². The fraction of sp³-hybridized carbons (Fsp3) is 0.133. The molecule has 0 spiro atoms. The standard InChI is InChI=1S/C15H9F3O3/c1-20-12-4-2-8(7-19)13-10-6-9(15(16,17)18)3-5-11(10)21-14(12)13/h2-7H,1H3. The molecule has 0 saturated carbocycles. The molecule has 0 fully saturated rings. The summed E-state index contributed by atoms with van der Waals surface area (Å²) in [4.78, 5) is 11.1. The summed E-state index contributed by atoms with van der Waals surface area (Å²) in [5.41, 5.74) is -0.0109. The fourth-order valence-electron chi connectivity index (χ4n) is 2.32. The predicted octanol–water partition coefficient (Wildman–Crippen LogP) is 4.43. The van der Waals surface area contributed by atoms with Crippen molar-refractivity contribution in [1.82, 2.24) is 0 Å². The van der Waals surface area contributed by atoms with Crippen LogP contribution in [0.15, 0.2) is 34.7 Å². The van der Waals surface area contributed by atoms with Crippen LogP contribution in [0.1, 0.15) is 15.9 Å². The summed E-state index contributed by atoms with van der Waals surface area (Å²) in [6.07, 6.45) is -3.88. The Balaban J connectivity index is 2.45. The van der Waals surface area contributed by atoms with E-state index in [1.54, 1.807) is 6.07 Å². The highest BCUT2D eigenvalue weighted by Crippen LogP contribution is 2.39. The Morgan fingerprint density at radius 3 is 2.57 bits per heavy atom. The minimum atomic E-state index is -4.46. The molecule has 3 nitrogen and oxygen atoms in total. The van der Waals surface area contributed by atoms with Crippen molar-refractivity contribution in [3.8, 4) is 5.75 Å². The minimum absolute atomic E-state index is 0.237. The monoisotopic (exact) mass is 294 g/mol. The van der Waals surface area contributed by atoms with Crippen LogP contribution in [-0.2, 0) is 6.18 Å². The molecule has 3 aromatic rings. The van der Waals surface area contributed by atoms with Crippen LogP contribution >= 0.6 is 0 Å². The van der Waals surface area contributed by atoms with E-state index in [0.717, 1.165) is 12.1 Å². The molecule has 6 heteroatoms. The van der Waals surface area contributed by atoms with Crippen molar-refractivity contribution in [2.45, 2.75) is 6.18 Å². The number of hydrogen-bond acceptors (Lipinski definition) is 3. The first-order valence-electron chi connectivity index (χ1n) is 6.01. The van der Waals surface area contributed by atoms with E-state index in [2.05, 4.69) is 0 Å². The zero-order chi connectivity index (χ0) is 15.2. The number of carbonyl (C=O) groups is 1. The van der Waals surface area contributed by atoms with Crippen LogP contribution in [0.2, 0.25) is 0 Å². The summed E-state index contributed by atoms with van der Waals surface area (Å²) in [5.74, 6) is 0.361. The van der Waals surface area contributed by atoms with E-state index in [0.29, 0.717) is 17.4 Å². The van der Waals surface area contributed by atoms with Crippen LogP contribution in [0.25, 0.3) is 21.9 Å². The second-order valence-corrected chi connectivity index (χ2v) is 4.49. The molecular weight excluding hydrogens is 285 g/mol. The summed E-state index contributed by atoms with van der Waals surface area (Å²) in [6, 6.07) is 6.19. The number of rotatable bonds is 2. The Labute approximate surface area is 116 Å². The maximum absolute atomic E-state index is 12.8. The average Bonchev–Trinajstić information content (AvgIpc) is 2.84. The third kappa shape index (κ3) is 2.03. The van der Waals surface area contributed by atoms with Crippen molar-refractivity contribution < 1.29 is 27.1 Å². The summed E-state index contributed by atoms with van der Waals surface area (Å²) in [7, 11) is 1.42. The lowest BCUT2D eigenvalue weighted by atomic mass is 10.0. The van der Waals surface area contributed by atoms with Crippen molar-refractivity contribution in [1.29, 1.82) is 0 Å². The van der Waals surface area contributed by atoms with Gasteiger partial charge in [0.15, 0.2) is 17.6 Å². The molecule has 0 atom stereocenters. The zero-order valence-corrected chi connectivity index (χ0v) is 10.8. The summed E-state index contributed by atoms with van der Waals surface area (Å²) in [6.45, 7) is 0. The van der Waals surface area contributed by atoms with Crippen LogP contribution in [0.5, 0.6) is 5.75 Å². The van der Waals surface area contributed by atoms with Crippen molar-refractivity contribution in [2.75, 3.05) is 7.11 Å². The average molecular weight is 294 g/mol. The molecule has 1 heterocycles. The number of furan rings is 1. The molecule has 0 bridgehead atoms. The zero-order valence-electron chi connectivity index (χ0n) is 10.8. The quantitative estimate of drug-likeness (QED) is 0.656. The van der Waals surface area contributed by atoms with E-state index in [1.807, 2.05) is 0 Å². The molecule has 0 N–H and O–H groups in total. The minimum Gasteiger partial charge on any atom is -0.493 e. The van der Waals surface area contributed by atoms with Crippen LogP contribution in [0.4, 0.5) is 13.2 Å². The van der Waals surface area contributed by atoms with E-state index in [4.69, 9.17) is 9.15 Å². The van der Waals surface area contributed by atoms with Gasteiger partial charge in [0.1, 0.15) is 5.58 Å². The second kappa shape index (κ2) is 4.51. The van der Waals surface area contributed by atoms with Crippen LogP contribution in [-0.4, -0.2) is 13.4 Å². The fourth-order valence-corrected chi connectivity index (χ4v) is 2.32. The van der Waals surface area contributed by atoms with Crippen molar-refractivity contribution in [3.05, 3.63) is 41.5 Å². The normalized spacial score (nSPS) is 12.0. The summed E-state index contributed by atoms with van der Waals surface area (Å²) < 4.78 is 49.1. The van der Waals surface area contributed by atoms with Crippen molar-refractivity contribution in [3.63, 3.8) is 0 Å². The van der Waals surface area contributed by atoms with E-state index in [-0.39, 0.29) is 22.1 Å². The van der Waals surface area contributed by atoms with Gasteiger partial charge in [0.2, 0.25) is 0 Å². The molecule has 2 aromatic carbocycles. The molecule has 0 aliphatic rings. The summed E-state index contributed by atoms with van der Waals surface area (Å²) in [5, 5.41) is 0.561. The van der Waals surface area contributed by atoms with Gasteiger partial charge in [-0.15, -0.1) is 0 Å². The van der Waals surface area contributed by atoms with Crippen LogP contribution in [0, 0.1) is 0 Å². The maximum Gasteiger partial charge on any atom is 0.416 e. The molecule has 21 heavy (non-hydrogen) atoms. The molecule has 0 unspecified atom stereocenters. The predicted molar refractivity (Wildman–Crippen MR) is 70.7 cm³/mol. The third-order valence-electron chi connectivity index (χ3n) is 3.29. The maximum atomic E-state index is 12.8. The van der Waals surface area contributed by atoms with Crippen molar-refractivity contribution >= 4 is 28.2 Å². The van der Waals surface area contributed by atoms with E-state index in [1.165, 1.54) is 19.2 Å². The number of ether oxygens (including phenoxy) is 1. The topological polar surface area (TPSA) is 39.4 Å². The lowest BCUT2D eigenvalue weighted by Crippen LogP contribution is -2.03. The van der Waals surface area contributed by atoms with E-state index < -0.39 is 11.7 Å². The first kappa shape index (κ1) is 13.5. The number of carbonyl (C=O) groups excluding carboxylic acids is 1. The third-order valence-corrected chi connectivity index (χ3v) is 3.29. The molecule has 108 valence electrons. The largest absolute Gasteiger partial charge is 0.493 e. The molecule has 0 aliphatic carbocycles. The number of halogens is 3. The number of hydrogen-bond donors (Lipinski definition) is 0. The molecule has 3 rings (SSSR count). The van der Waals surface area contributed by atoms with Crippen LogP contribution in [0.3, 0.4) is 0 Å². The van der Waals surface area contributed by atoms with Gasteiger partial charge in [-0.2, -0.15) is 13.2 Å². The van der Waals surface area contributed by atoms with Crippen LogP contribution < -0.4 is 4.74 Å². The van der Waals surface area contributed by atoms with Gasteiger partial charge in [0, 0.05) is 16.3 Å². The van der Waals surface area contributed by atoms with Gasteiger partial charge in [-0.3, -0.25) is 4.79 Å². The molecule has 0 aliphatic heterocycles. The highest BCUT2D eigenvalue weighted by molar-refractivity contribution is 6.14. The number of fused-ring (bicyclic) bond motifs is 3. The van der Waals surface area contributed by atoms with E-state index >= 15 is 0 Å². The van der Waals surface area contributed by atoms with E-state index in [9.17, 15) is 18.0 Å². The van der Waals surface area contributed by atoms with Gasteiger partial charge in [0.05, 0.1) is 12.7 Å². The molecule has 0 radical (unpaired) electrons. The SMILES string of the molecule is COc1ccc(C=O)c2c1oc1ccc(C(F)(F)F)cc12. The Hall–Kier alpha value is -2.50. The van der Waals surface area contributed by atoms with Gasteiger partial charge in [-0.25, -0.2) is 0 Å².